The van der Waals surface area contributed by atoms with E-state index in [0.717, 1.165) is 0 Å². The average molecular weight is 473 g/mol. The number of sulfonamides is 1. The highest BCUT2D eigenvalue weighted by molar-refractivity contribution is 7.89. The predicted octanol–water partition coefficient (Wildman–Crippen LogP) is 3.75. The van der Waals surface area contributed by atoms with Crippen molar-refractivity contribution in [1.29, 1.82) is 0 Å². The minimum atomic E-state index is -3.66. The van der Waals surface area contributed by atoms with Gasteiger partial charge in [0.15, 0.2) is 0 Å². The normalized spacial score (nSPS) is 19.3. The molecule has 1 spiro atoms. The molecule has 0 bridgehead atoms. The highest BCUT2D eigenvalue weighted by Crippen LogP contribution is 2.34. The minimum absolute atomic E-state index is 0.172. The van der Waals surface area contributed by atoms with Gasteiger partial charge in [0.25, 0.3) is 5.91 Å². The first-order valence-electron chi connectivity index (χ1n) is 8.84. The summed E-state index contributed by atoms with van der Waals surface area (Å²) in [6, 6.07) is 11.0. The second-order valence-corrected chi connectivity index (χ2v) is 10.1. The monoisotopic (exact) mass is 471 g/mol. The van der Waals surface area contributed by atoms with Crippen LogP contribution in [0.3, 0.4) is 0 Å². The van der Waals surface area contributed by atoms with Gasteiger partial charge in [-0.05, 0) is 55.3 Å². The number of hydrogen-bond donors (Lipinski definition) is 1. The van der Waals surface area contributed by atoms with E-state index >= 15 is 0 Å². The van der Waals surface area contributed by atoms with Gasteiger partial charge in [-0.2, -0.15) is 4.31 Å². The third kappa shape index (κ3) is 3.78. The highest BCUT2D eigenvalue weighted by Gasteiger charge is 2.47. The lowest BCUT2D eigenvalue weighted by molar-refractivity contribution is -0.124. The Labute approximate surface area is 183 Å². The van der Waals surface area contributed by atoms with Crippen molar-refractivity contribution in [3.8, 4) is 0 Å². The van der Waals surface area contributed by atoms with Crippen LogP contribution in [0.15, 0.2) is 52.4 Å². The fourth-order valence-electron chi connectivity index (χ4n) is 3.52. The number of carbonyl (C=O) groups excluding carboxylic acids is 1. The van der Waals surface area contributed by atoms with Crippen molar-refractivity contribution in [2.75, 3.05) is 13.1 Å². The molecule has 29 heavy (non-hydrogen) atoms. The van der Waals surface area contributed by atoms with E-state index in [4.69, 9.17) is 34.8 Å². The molecule has 2 aromatic rings. The Hall–Kier alpha value is -1.64. The van der Waals surface area contributed by atoms with E-state index in [1.54, 1.807) is 18.2 Å². The van der Waals surface area contributed by atoms with Crippen molar-refractivity contribution in [3.05, 3.63) is 63.1 Å². The summed E-state index contributed by atoms with van der Waals surface area (Å²) >= 11 is 18.0. The van der Waals surface area contributed by atoms with Crippen LogP contribution in [0.5, 0.6) is 0 Å². The summed E-state index contributed by atoms with van der Waals surface area (Å²) in [5.41, 5.74) is -0.415. The molecule has 2 aliphatic rings. The molecule has 1 fully saturated rings. The van der Waals surface area contributed by atoms with Crippen molar-refractivity contribution < 1.29 is 13.2 Å². The molecule has 0 atom stereocenters. The molecule has 1 amide bonds. The number of halogens is 3. The van der Waals surface area contributed by atoms with Gasteiger partial charge in [0.1, 0.15) is 11.4 Å². The first kappa shape index (κ1) is 20.6. The van der Waals surface area contributed by atoms with Gasteiger partial charge in [0.2, 0.25) is 10.0 Å². The molecule has 2 aromatic carbocycles. The van der Waals surface area contributed by atoms with Crippen LogP contribution in [0.1, 0.15) is 18.4 Å². The van der Waals surface area contributed by atoms with Gasteiger partial charge < -0.3 is 5.32 Å². The Morgan fingerprint density at radius 1 is 0.966 bits per heavy atom. The van der Waals surface area contributed by atoms with Crippen LogP contribution in [0.2, 0.25) is 15.1 Å². The Kier molecular flexibility index (Phi) is 5.38. The van der Waals surface area contributed by atoms with Gasteiger partial charge >= 0.3 is 0 Å². The third-order valence-electron chi connectivity index (χ3n) is 5.17. The summed E-state index contributed by atoms with van der Waals surface area (Å²) in [6.07, 6.45) is 0.556. The van der Waals surface area contributed by atoms with Crippen LogP contribution in [0.4, 0.5) is 0 Å². The number of benzene rings is 2. The standard InChI is InChI=1S/C19H16Cl3N3O3S/c20-12-1-4-14(5-2-12)29(27,28)25-9-7-19(8-10-25)18(26)23-17(24-19)15-6-3-13(21)11-16(15)22/h1-6,11H,7-10H2,(H,23,24,26). The molecule has 0 aliphatic carbocycles. The van der Waals surface area contributed by atoms with E-state index < -0.39 is 15.6 Å². The fraction of sp³-hybridized carbons (Fsp3) is 0.263. The Morgan fingerprint density at radius 2 is 1.59 bits per heavy atom. The highest BCUT2D eigenvalue weighted by atomic mass is 35.5. The Balaban J connectivity index is 1.56. The number of nitrogens with zero attached hydrogens (tertiary/aromatic N) is 2. The SMILES string of the molecule is O=C1NC(c2ccc(Cl)cc2Cl)=NC12CCN(S(=O)(=O)c1ccc(Cl)cc1)CC2. The Bertz CT molecular complexity index is 1110. The van der Waals surface area contributed by atoms with Crippen molar-refractivity contribution in [2.24, 2.45) is 4.99 Å². The second-order valence-electron chi connectivity index (χ2n) is 6.93. The quantitative estimate of drug-likeness (QED) is 0.739. The van der Waals surface area contributed by atoms with Crippen molar-refractivity contribution in [2.45, 2.75) is 23.3 Å². The van der Waals surface area contributed by atoms with Gasteiger partial charge in [0, 0.05) is 28.7 Å². The first-order chi connectivity index (χ1) is 13.7. The number of rotatable bonds is 3. The number of aliphatic imine (C=N–C) groups is 1. The molecule has 1 saturated heterocycles. The predicted molar refractivity (Wildman–Crippen MR) is 113 cm³/mol. The molecule has 0 unspecified atom stereocenters. The summed E-state index contributed by atoms with van der Waals surface area (Å²) in [6.45, 7) is 0.368. The first-order valence-corrected chi connectivity index (χ1v) is 11.4. The van der Waals surface area contributed by atoms with Crippen LogP contribution in [0.25, 0.3) is 0 Å². The molecule has 6 nitrogen and oxygen atoms in total. The summed E-state index contributed by atoms with van der Waals surface area (Å²) in [5, 5.41) is 4.12. The van der Waals surface area contributed by atoms with Crippen LogP contribution in [0, 0.1) is 0 Å². The van der Waals surface area contributed by atoms with Crippen LogP contribution >= 0.6 is 34.8 Å². The number of amides is 1. The maximum Gasteiger partial charge on any atom is 0.253 e. The molecule has 2 aliphatic heterocycles. The molecule has 0 saturated carbocycles. The molecule has 152 valence electrons. The molecule has 10 heteroatoms. The van der Waals surface area contributed by atoms with Gasteiger partial charge in [-0.15, -0.1) is 0 Å². The largest absolute Gasteiger partial charge is 0.308 e. The lowest BCUT2D eigenvalue weighted by Gasteiger charge is -2.34. The molecule has 4 rings (SSSR count). The second kappa shape index (κ2) is 7.56. The van der Waals surface area contributed by atoms with Crippen molar-refractivity contribution >= 4 is 56.6 Å². The zero-order valence-corrected chi connectivity index (χ0v) is 18.1. The van der Waals surface area contributed by atoms with E-state index in [1.165, 1.54) is 28.6 Å². The number of amidine groups is 1. The Morgan fingerprint density at radius 3 is 2.21 bits per heavy atom. The summed E-state index contributed by atoms with van der Waals surface area (Å²) in [4.78, 5) is 17.5. The van der Waals surface area contributed by atoms with E-state index in [1.807, 2.05) is 0 Å². The van der Waals surface area contributed by atoms with Gasteiger partial charge in [-0.3, -0.25) is 9.79 Å². The number of carbonyl (C=O) groups is 1. The zero-order chi connectivity index (χ0) is 20.8. The van der Waals surface area contributed by atoms with Crippen molar-refractivity contribution in [1.82, 2.24) is 9.62 Å². The van der Waals surface area contributed by atoms with Gasteiger partial charge in [-0.25, -0.2) is 8.42 Å². The summed E-state index contributed by atoms with van der Waals surface area (Å²) < 4.78 is 27.1. The molecular weight excluding hydrogens is 457 g/mol. The van der Waals surface area contributed by atoms with E-state index in [0.29, 0.717) is 26.5 Å². The van der Waals surface area contributed by atoms with Crippen LogP contribution < -0.4 is 5.32 Å². The molecular formula is C19H16Cl3N3O3S. The van der Waals surface area contributed by atoms with Crippen LogP contribution in [-0.4, -0.2) is 43.1 Å². The van der Waals surface area contributed by atoms with Gasteiger partial charge in [-0.1, -0.05) is 34.8 Å². The van der Waals surface area contributed by atoms with Gasteiger partial charge in [0.05, 0.1) is 9.92 Å². The zero-order valence-electron chi connectivity index (χ0n) is 15.0. The topological polar surface area (TPSA) is 78.8 Å². The fourth-order valence-corrected chi connectivity index (χ4v) is 5.58. The smallest absolute Gasteiger partial charge is 0.253 e. The third-order valence-corrected chi connectivity index (χ3v) is 7.88. The van der Waals surface area contributed by atoms with Crippen LogP contribution in [-0.2, 0) is 14.8 Å². The number of piperidine rings is 1. The summed E-state index contributed by atoms with van der Waals surface area (Å²) in [5.74, 6) is 0.132. The lowest BCUT2D eigenvalue weighted by Crippen LogP contribution is -2.50. The van der Waals surface area contributed by atoms with E-state index in [-0.39, 0.29) is 36.7 Å². The molecule has 0 aromatic heterocycles. The molecule has 0 radical (unpaired) electrons. The number of nitrogens with one attached hydrogen (secondary N) is 1. The number of hydrogen-bond acceptors (Lipinski definition) is 4. The van der Waals surface area contributed by atoms with E-state index in [2.05, 4.69) is 10.3 Å². The maximum atomic E-state index is 12.9. The van der Waals surface area contributed by atoms with Crippen molar-refractivity contribution in [3.63, 3.8) is 0 Å². The maximum absolute atomic E-state index is 12.9. The van der Waals surface area contributed by atoms with E-state index in [9.17, 15) is 13.2 Å². The lowest BCUT2D eigenvalue weighted by atomic mass is 9.89. The molecule has 2 heterocycles. The summed E-state index contributed by atoms with van der Waals surface area (Å²) in [7, 11) is -3.66. The minimum Gasteiger partial charge on any atom is -0.308 e. The molecule has 1 N–H and O–H groups in total. The average Bonchev–Trinajstić information content (AvgIpc) is 2.98.